The monoisotopic (exact) mass is 417 g/mol. The largest absolute Gasteiger partial charge is 0.461 e. The van der Waals surface area contributed by atoms with E-state index in [9.17, 15) is 24.5 Å². The van der Waals surface area contributed by atoms with Crippen LogP contribution >= 0.6 is 0 Å². The summed E-state index contributed by atoms with van der Waals surface area (Å²) in [6.45, 7) is 4.49. The number of esters is 2. The molecule has 0 aliphatic carbocycles. The molecule has 0 radical (unpaired) electrons. The number of ketones is 1. The van der Waals surface area contributed by atoms with Gasteiger partial charge in [-0.3, -0.25) is 14.9 Å². The molecule has 0 atom stereocenters. The Hall–Kier alpha value is -3.69. The first-order valence-electron chi connectivity index (χ1n) is 9.10. The van der Waals surface area contributed by atoms with Crippen LogP contribution < -0.4 is 4.90 Å². The maximum Gasteiger partial charge on any atom is 0.355 e. The third-order valence-electron chi connectivity index (χ3n) is 4.42. The van der Waals surface area contributed by atoms with Crippen molar-refractivity contribution in [2.75, 3.05) is 32.2 Å². The number of nitro groups is 1. The number of carbonyl (C=O) groups is 3. The SMILES string of the molecule is CCOC(=O)c1[nH]c(C)c(C(=O)COC(=O)c2ccc(N(C)C)c([N+](=O)[O-])c2)c1C. The van der Waals surface area contributed by atoms with Crippen LogP contribution in [-0.2, 0) is 9.47 Å². The Balaban J connectivity index is 2.17. The summed E-state index contributed by atoms with van der Waals surface area (Å²) in [6.07, 6.45) is 0. The van der Waals surface area contributed by atoms with Gasteiger partial charge in [-0.1, -0.05) is 0 Å². The van der Waals surface area contributed by atoms with Crippen LogP contribution in [0.2, 0.25) is 0 Å². The highest BCUT2D eigenvalue weighted by atomic mass is 16.6. The lowest BCUT2D eigenvalue weighted by Gasteiger charge is -2.13. The first kappa shape index (κ1) is 22.6. The van der Waals surface area contributed by atoms with Crippen molar-refractivity contribution in [2.45, 2.75) is 20.8 Å². The molecule has 1 aromatic heterocycles. The van der Waals surface area contributed by atoms with Gasteiger partial charge in [0, 0.05) is 31.4 Å². The second-order valence-corrected chi connectivity index (χ2v) is 6.70. The Bertz CT molecular complexity index is 1010. The summed E-state index contributed by atoms with van der Waals surface area (Å²) in [7, 11) is 3.29. The quantitative estimate of drug-likeness (QED) is 0.300. The van der Waals surface area contributed by atoms with E-state index in [0.717, 1.165) is 6.07 Å². The van der Waals surface area contributed by atoms with Gasteiger partial charge in [-0.15, -0.1) is 0 Å². The van der Waals surface area contributed by atoms with Crippen molar-refractivity contribution in [1.29, 1.82) is 0 Å². The summed E-state index contributed by atoms with van der Waals surface area (Å²) in [5.41, 5.74) is 1.28. The third kappa shape index (κ3) is 4.65. The molecular weight excluding hydrogens is 394 g/mol. The molecule has 0 aliphatic heterocycles. The van der Waals surface area contributed by atoms with E-state index in [0.29, 0.717) is 16.9 Å². The van der Waals surface area contributed by atoms with Crippen molar-refractivity contribution >= 4 is 29.1 Å². The number of rotatable bonds is 8. The molecule has 1 aromatic carbocycles. The normalized spacial score (nSPS) is 10.4. The highest BCUT2D eigenvalue weighted by molar-refractivity contribution is 6.04. The first-order chi connectivity index (χ1) is 14.1. The van der Waals surface area contributed by atoms with E-state index in [1.165, 1.54) is 12.1 Å². The van der Waals surface area contributed by atoms with Crippen LogP contribution in [0.3, 0.4) is 0 Å². The lowest BCUT2D eigenvalue weighted by Crippen LogP contribution is -2.16. The molecule has 160 valence electrons. The van der Waals surface area contributed by atoms with Crippen LogP contribution in [0.1, 0.15) is 49.4 Å². The minimum absolute atomic E-state index is 0.0465. The van der Waals surface area contributed by atoms with Crippen molar-refractivity contribution in [3.8, 4) is 0 Å². The molecule has 0 aliphatic rings. The number of carbonyl (C=O) groups excluding carboxylic acids is 3. The van der Waals surface area contributed by atoms with Crippen LogP contribution in [0.5, 0.6) is 0 Å². The molecule has 10 nitrogen and oxygen atoms in total. The summed E-state index contributed by atoms with van der Waals surface area (Å²) in [6, 6.07) is 3.93. The van der Waals surface area contributed by atoms with Gasteiger partial charge in [-0.25, -0.2) is 9.59 Å². The number of nitrogens with one attached hydrogen (secondary N) is 1. The number of benzene rings is 1. The molecule has 0 saturated heterocycles. The fourth-order valence-corrected chi connectivity index (χ4v) is 3.04. The highest BCUT2D eigenvalue weighted by Crippen LogP contribution is 2.28. The minimum Gasteiger partial charge on any atom is -0.461 e. The zero-order valence-corrected chi connectivity index (χ0v) is 17.4. The van der Waals surface area contributed by atoms with E-state index in [-0.39, 0.29) is 29.1 Å². The van der Waals surface area contributed by atoms with E-state index < -0.39 is 29.3 Å². The molecule has 30 heavy (non-hydrogen) atoms. The number of hydrogen-bond donors (Lipinski definition) is 1. The Morgan fingerprint density at radius 3 is 2.37 bits per heavy atom. The number of anilines is 1. The Labute approximate surface area is 172 Å². The van der Waals surface area contributed by atoms with E-state index in [1.54, 1.807) is 39.8 Å². The lowest BCUT2D eigenvalue weighted by molar-refractivity contribution is -0.384. The molecule has 2 rings (SSSR count). The molecule has 1 N–H and O–H groups in total. The van der Waals surface area contributed by atoms with Gasteiger partial charge in [0.1, 0.15) is 11.4 Å². The summed E-state index contributed by atoms with van der Waals surface area (Å²) >= 11 is 0. The molecule has 0 bridgehead atoms. The van der Waals surface area contributed by atoms with Crippen molar-refractivity contribution < 1.29 is 28.8 Å². The molecule has 0 amide bonds. The zero-order chi connectivity index (χ0) is 22.6. The van der Waals surface area contributed by atoms with Gasteiger partial charge in [0.05, 0.1) is 17.1 Å². The lowest BCUT2D eigenvalue weighted by atomic mass is 10.1. The maximum absolute atomic E-state index is 12.6. The van der Waals surface area contributed by atoms with E-state index in [4.69, 9.17) is 9.47 Å². The van der Waals surface area contributed by atoms with E-state index >= 15 is 0 Å². The van der Waals surface area contributed by atoms with Crippen LogP contribution in [0, 0.1) is 24.0 Å². The Morgan fingerprint density at radius 1 is 1.13 bits per heavy atom. The summed E-state index contributed by atoms with van der Waals surface area (Å²) in [5, 5.41) is 11.3. The summed E-state index contributed by atoms with van der Waals surface area (Å²) in [4.78, 5) is 51.9. The van der Waals surface area contributed by atoms with E-state index in [1.807, 2.05) is 0 Å². The van der Waals surface area contributed by atoms with Crippen LogP contribution in [0.25, 0.3) is 0 Å². The number of hydrogen-bond acceptors (Lipinski definition) is 8. The molecule has 0 unspecified atom stereocenters. The predicted octanol–water partition coefficient (Wildman–Crippen LogP) is 2.82. The fraction of sp³-hybridized carbons (Fsp3) is 0.350. The highest BCUT2D eigenvalue weighted by Gasteiger charge is 2.24. The number of nitrogens with zero attached hydrogens (tertiary/aromatic N) is 2. The first-order valence-corrected chi connectivity index (χ1v) is 9.10. The minimum atomic E-state index is -0.867. The van der Waals surface area contributed by atoms with Gasteiger partial charge >= 0.3 is 11.9 Å². The van der Waals surface area contributed by atoms with Crippen LogP contribution in [0.15, 0.2) is 18.2 Å². The second kappa shape index (κ2) is 9.21. The molecular formula is C20H23N3O7. The predicted molar refractivity (Wildman–Crippen MR) is 108 cm³/mol. The second-order valence-electron chi connectivity index (χ2n) is 6.70. The van der Waals surface area contributed by atoms with Crippen molar-refractivity contribution in [2.24, 2.45) is 0 Å². The van der Waals surface area contributed by atoms with Gasteiger partial charge in [0.15, 0.2) is 6.61 Å². The molecule has 0 spiro atoms. The standard InChI is InChI=1S/C20H23N3O7/c1-6-29-20(26)18-11(2)17(12(3)21-18)16(24)10-30-19(25)13-7-8-14(22(4)5)15(9-13)23(27)28/h7-9,21H,6,10H2,1-5H3. The van der Waals surface area contributed by atoms with Crippen molar-refractivity contribution in [3.05, 3.63) is 56.4 Å². The van der Waals surface area contributed by atoms with Gasteiger partial charge in [-0.05, 0) is 38.5 Å². The number of aromatic amines is 1. The van der Waals surface area contributed by atoms with Gasteiger partial charge < -0.3 is 19.4 Å². The number of nitro benzene ring substituents is 1. The number of Topliss-reactive ketones (excluding diaryl/α,β-unsaturated/α-hetero) is 1. The van der Waals surface area contributed by atoms with Crippen LogP contribution in [0.4, 0.5) is 11.4 Å². The molecule has 0 fully saturated rings. The molecule has 0 saturated carbocycles. The maximum atomic E-state index is 12.6. The van der Waals surface area contributed by atoms with Crippen LogP contribution in [-0.4, -0.2) is 54.9 Å². The van der Waals surface area contributed by atoms with Crippen molar-refractivity contribution in [3.63, 3.8) is 0 Å². The molecule has 2 aromatic rings. The van der Waals surface area contributed by atoms with Crippen molar-refractivity contribution in [1.82, 2.24) is 4.98 Å². The number of aromatic nitrogens is 1. The van der Waals surface area contributed by atoms with E-state index in [2.05, 4.69) is 4.98 Å². The Kier molecular flexibility index (Phi) is 6.93. The summed E-state index contributed by atoms with van der Waals surface area (Å²) in [5.74, 6) is -1.96. The molecule has 10 heteroatoms. The van der Waals surface area contributed by atoms with Gasteiger partial charge in [0.2, 0.25) is 5.78 Å². The number of H-pyrrole nitrogens is 1. The smallest absolute Gasteiger partial charge is 0.355 e. The van der Waals surface area contributed by atoms with Gasteiger partial charge in [0.25, 0.3) is 5.69 Å². The fourth-order valence-electron chi connectivity index (χ4n) is 3.04. The summed E-state index contributed by atoms with van der Waals surface area (Å²) < 4.78 is 10.00. The third-order valence-corrected chi connectivity index (χ3v) is 4.42. The Morgan fingerprint density at radius 2 is 1.80 bits per heavy atom. The topological polar surface area (TPSA) is 132 Å². The van der Waals surface area contributed by atoms with Gasteiger partial charge in [-0.2, -0.15) is 0 Å². The average Bonchev–Trinajstić information content (AvgIpc) is 2.99. The zero-order valence-electron chi connectivity index (χ0n) is 17.4. The average molecular weight is 417 g/mol. The number of ether oxygens (including phenoxy) is 2. The molecule has 1 heterocycles. The number of aryl methyl sites for hydroxylation is 1.